The highest BCUT2D eigenvalue weighted by atomic mass is 31.2. The molecule has 35 heavy (non-hydrogen) atoms. The molecule has 1 aliphatic rings. The van der Waals surface area contributed by atoms with Crippen LogP contribution in [0.5, 0.6) is 0 Å². The summed E-state index contributed by atoms with van der Waals surface area (Å²) in [6.45, 7) is 5.91. The van der Waals surface area contributed by atoms with Crippen molar-refractivity contribution in [3.8, 4) is 0 Å². The van der Waals surface area contributed by atoms with Gasteiger partial charge in [-0.15, -0.1) is 0 Å². The van der Waals surface area contributed by atoms with Crippen LogP contribution in [-0.4, -0.2) is 50.4 Å². The van der Waals surface area contributed by atoms with E-state index in [2.05, 4.69) is 6.92 Å². The molecule has 0 aromatic heterocycles. The number of phosphoric ester groups is 1. The molecule has 1 aliphatic heterocycles. The summed E-state index contributed by atoms with van der Waals surface area (Å²) in [5.74, 6) is -0.423. The van der Waals surface area contributed by atoms with Crippen LogP contribution in [0.1, 0.15) is 110 Å². The molecule has 0 N–H and O–H groups in total. The fourth-order valence-corrected chi connectivity index (χ4v) is 5.15. The lowest BCUT2D eigenvalue weighted by Gasteiger charge is -2.35. The van der Waals surface area contributed by atoms with Gasteiger partial charge in [-0.2, -0.15) is 0 Å². The maximum absolute atomic E-state index is 12.0. The molecule has 1 heterocycles. The second-order valence-corrected chi connectivity index (χ2v) is 11.5. The van der Waals surface area contributed by atoms with Gasteiger partial charge in [0, 0.05) is 6.42 Å². The quantitative estimate of drug-likeness (QED) is 0.0704. The lowest BCUT2D eigenvalue weighted by Crippen LogP contribution is -2.45. The second kappa shape index (κ2) is 19.4. The van der Waals surface area contributed by atoms with Crippen LogP contribution < -0.4 is 4.89 Å². The van der Waals surface area contributed by atoms with E-state index in [0.717, 1.165) is 25.8 Å². The average molecular weight is 518 g/mol. The first-order valence-electron chi connectivity index (χ1n) is 14.1. The second-order valence-electron chi connectivity index (χ2n) is 10.1. The summed E-state index contributed by atoms with van der Waals surface area (Å²) in [6, 6.07) is 0. The molecule has 0 aliphatic carbocycles. The number of carbonyl (C=O) groups excluding carboxylic acids is 1. The van der Waals surface area contributed by atoms with E-state index >= 15 is 0 Å². The summed E-state index contributed by atoms with van der Waals surface area (Å²) in [7, 11) is -2.28. The number of hydrogen-bond acceptors (Lipinski definition) is 6. The molecule has 0 saturated carbocycles. The molecule has 206 valence electrons. The number of unbranched alkanes of at least 4 members (excludes halogenated alkanes) is 13. The van der Waals surface area contributed by atoms with Gasteiger partial charge < -0.3 is 18.7 Å². The Kier molecular flexibility index (Phi) is 17.9. The van der Waals surface area contributed by atoms with Crippen LogP contribution in [0.25, 0.3) is 0 Å². The standard InChI is InChI=1S/C27H52NO6P/c1-4-6-7-8-9-10-11-12-13-14-15-16-17-18-24-33-35(30,31)34-25-23-28(3)21-19-26(20-22-28)27(29)32-5-2/h19,21,26H,4-18,20,22-25H2,1-3H3. The molecule has 0 spiro atoms. The van der Waals surface area contributed by atoms with Crippen molar-refractivity contribution < 1.29 is 32.5 Å². The number of esters is 1. The van der Waals surface area contributed by atoms with Crippen molar-refractivity contribution in [2.75, 3.05) is 40.0 Å². The third-order valence-corrected chi connectivity index (χ3v) is 7.81. The SMILES string of the molecule is CCCCCCCCCCCCCCCCOP(=O)([O-])OCC[N+]1(C)C=CC(C(=O)OCC)CC1. The first-order chi connectivity index (χ1) is 16.8. The summed E-state index contributed by atoms with van der Waals surface area (Å²) in [4.78, 5) is 23.9. The number of carbonyl (C=O) groups is 1. The minimum atomic E-state index is -4.27. The molecule has 0 aromatic carbocycles. The monoisotopic (exact) mass is 517 g/mol. The Morgan fingerprint density at radius 1 is 0.886 bits per heavy atom. The minimum Gasteiger partial charge on any atom is -0.756 e. The summed E-state index contributed by atoms with van der Waals surface area (Å²) >= 11 is 0. The van der Waals surface area contributed by atoms with E-state index in [1.165, 1.54) is 70.6 Å². The molecule has 0 amide bonds. The smallest absolute Gasteiger partial charge is 0.313 e. The van der Waals surface area contributed by atoms with E-state index in [-0.39, 0.29) is 25.1 Å². The zero-order valence-corrected chi connectivity index (χ0v) is 23.6. The van der Waals surface area contributed by atoms with E-state index in [1.807, 2.05) is 19.3 Å². The van der Waals surface area contributed by atoms with Gasteiger partial charge in [0.15, 0.2) is 0 Å². The number of hydrogen-bond donors (Lipinski definition) is 0. The lowest BCUT2D eigenvalue weighted by atomic mass is 10.0. The van der Waals surface area contributed by atoms with Gasteiger partial charge in [0.25, 0.3) is 7.82 Å². The zero-order valence-electron chi connectivity index (χ0n) is 22.7. The molecular weight excluding hydrogens is 465 g/mol. The van der Waals surface area contributed by atoms with Crippen molar-refractivity contribution in [3.63, 3.8) is 0 Å². The van der Waals surface area contributed by atoms with Gasteiger partial charge in [0.05, 0.1) is 38.9 Å². The van der Waals surface area contributed by atoms with Gasteiger partial charge in [0.2, 0.25) is 0 Å². The average Bonchev–Trinajstić information content (AvgIpc) is 2.82. The Labute approximate surface area is 214 Å². The van der Waals surface area contributed by atoms with Gasteiger partial charge >= 0.3 is 5.97 Å². The van der Waals surface area contributed by atoms with Crippen molar-refractivity contribution in [1.82, 2.24) is 0 Å². The molecule has 1 rings (SSSR count). The van der Waals surface area contributed by atoms with Gasteiger partial charge in [-0.25, -0.2) is 0 Å². The highest BCUT2D eigenvalue weighted by molar-refractivity contribution is 7.45. The highest BCUT2D eigenvalue weighted by Gasteiger charge is 2.30. The first kappa shape index (κ1) is 32.3. The zero-order chi connectivity index (χ0) is 25.8. The molecule has 3 atom stereocenters. The van der Waals surface area contributed by atoms with Crippen LogP contribution in [0.3, 0.4) is 0 Å². The molecule has 0 bridgehead atoms. The number of ether oxygens (including phenoxy) is 1. The molecule has 0 fully saturated rings. The molecule has 0 radical (unpaired) electrons. The number of quaternary nitrogens is 1. The molecule has 0 aromatic rings. The third kappa shape index (κ3) is 16.6. The van der Waals surface area contributed by atoms with E-state index in [0.29, 0.717) is 24.1 Å². The molecule has 8 heteroatoms. The summed E-state index contributed by atoms with van der Waals surface area (Å²) in [6.07, 6.45) is 22.0. The summed E-state index contributed by atoms with van der Waals surface area (Å²) in [5.41, 5.74) is 0. The molecule has 3 unspecified atom stereocenters. The van der Waals surface area contributed by atoms with Gasteiger partial charge in [-0.05, 0) is 19.4 Å². The van der Waals surface area contributed by atoms with Crippen LogP contribution in [0, 0.1) is 5.92 Å². The van der Waals surface area contributed by atoms with Crippen molar-refractivity contribution >= 4 is 13.8 Å². The fourth-order valence-electron chi connectivity index (χ4n) is 4.42. The van der Waals surface area contributed by atoms with E-state index < -0.39 is 7.82 Å². The fraction of sp³-hybridized carbons (Fsp3) is 0.889. The highest BCUT2D eigenvalue weighted by Crippen LogP contribution is 2.38. The summed E-state index contributed by atoms with van der Waals surface area (Å²) < 4.78 is 27.7. The maximum atomic E-state index is 12.0. The number of phosphoric acid groups is 1. The molecule has 0 saturated heterocycles. The molecule has 7 nitrogen and oxygen atoms in total. The topological polar surface area (TPSA) is 84.9 Å². The summed E-state index contributed by atoms with van der Waals surface area (Å²) in [5, 5.41) is 0. The van der Waals surface area contributed by atoms with Crippen LogP contribution in [0.15, 0.2) is 12.3 Å². The Bertz CT molecular complexity index is 629. The van der Waals surface area contributed by atoms with Crippen molar-refractivity contribution in [2.24, 2.45) is 5.92 Å². The first-order valence-corrected chi connectivity index (χ1v) is 15.6. The normalized spacial score (nSPS) is 21.7. The van der Waals surface area contributed by atoms with Gasteiger partial charge in [-0.3, -0.25) is 13.8 Å². The van der Waals surface area contributed by atoms with Crippen molar-refractivity contribution in [1.29, 1.82) is 0 Å². The van der Waals surface area contributed by atoms with E-state index in [1.54, 1.807) is 6.92 Å². The predicted molar refractivity (Wildman–Crippen MR) is 140 cm³/mol. The molecular formula is C27H52NO6P. The van der Waals surface area contributed by atoms with E-state index in [4.69, 9.17) is 13.8 Å². The predicted octanol–water partition coefficient (Wildman–Crippen LogP) is 6.51. The third-order valence-electron chi connectivity index (χ3n) is 6.82. The van der Waals surface area contributed by atoms with Crippen LogP contribution in [0.4, 0.5) is 0 Å². The number of nitrogens with zero attached hydrogens (tertiary/aromatic N) is 1. The van der Waals surface area contributed by atoms with E-state index in [9.17, 15) is 14.3 Å². The number of likely N-dealkylation sites (N-methyl/N-ethyl adjacent to an activating group) is 1. The van der Waals surface area contributed by atoms with Crippen molar-refractivity contribution in [2.45, 2.75) is 110 Å². The largest absolute Gasteiger partial charge is 0.756 e. The van der Waals surface area contributed by atoms with Crippen LogP contribution in [-0.2, 0) is 23.1 Å². The Morgan fingerprint density at radius 2 is 1.40 bits per heavy atom. The van der Waals surface area contributed by atoms with Gasteiger partial charge in [-0.1, -0.05) is 90.4 Å². The van der Waals surface area contributed by atoms with Gasteiger partial charge in [0.1, 0.15) is 13.2 Å². The van der Waals surface area contributed by atoms with Crippen LogP contribution >= 0.6 is 7.82 Å². The maximum Gasteiger partial charge on any atom is 0.313 e. The Hall–Kier alpha value is -0.720. The lowest BCUT2D eigenvalue weighted by molar-refractivity contribution is -0.862. The Balaban J connectivity index is 2.00. The number of rotatable bonds is 22. The van der Waals surface area contributed by atoms with Crippen molar-refractivity contribution in [3.05, 3.63) is 12.3 Å². The minimum absolute atomic E-state index is 0.0600. The van der Waals surface area contributed by atoms with Crippen LogP contribution in [0.2, 0.25) is 0 Å². The Morgan fingerprint density at radius 3 is 1.89 bits per heavy atom.